The number of phenols is 1. The van der Waals surface area contributed by atoms with Gasteiger partial charge < -0.3 is 15.2 Å². The number of esters is 1. The molecule has 2 aromatic rings. The lowest BCUT2D eigenvalue weighted by Gasteiger charge is -2.18. The molecule has 0 radical (unpaired) electrons. The topological polar surface area (TPSA) is 75.6 Å². The molecule has 0 fully saturated rings. The molecule has 0 aliphatic carbocycles. The Hall–Kier alpha value is -2.82. The van der Waals surface area contributed by atoms with Crippen LogP contribution in [0.3, 0.4) is 0 Å². The normalized spacial score (nSPS) is 12.9. The molecule has 5 heteroatoms. The Morgan fingerprint density at radius 1 is 1.08 bits per heavy atom. The average Bonchev–Trinajstić information content (AvgIpc) is 2.63. The molecule has 0 heterocycles. The van der Waals surface area contributed by atoms with E-state index in [-0.39, 0.29) is 23.1 Å². The van der Waals surface area contributed by atoms with Gasteiger partial charge in [0.25, 0.3) is 5.91 Å². The molecule has 0 aliphatic heterocycles. The third-order valence-electron chi connectivity index (χ3n) is 4.06. The summed E-state index contributed by atoms with van der Waals surface area (Å²) >= 11 is 0. The van der Waals surface area contributed by atoms with Crippen molar-refractivity contribution in [2.75, 3.05) is 6.54 Å². The molecular weight excluding hydrogens is 318 g/mol. The summed E-state index contributed by atoms with van der Waals surface area (Å²) in [5.41, 5.74) is 1.20. The quantitative estimate of drug-likeness (QED) is 0.758. The molecule has 2 aromatic carbocycles. The zero-order valence-electron chi connectivity index (χ0n) is 14.4. The highest BCUT2D eigenvalue weighted by molar-refractivity contribution is 5.94. The van der Waals surface area contributed by atoms with Crippen LogP contribution in [-0.4, -0.2) is 29.6 Å². The van der Waals surface area contributed by atoms with Crippen LogP contribution in [0.4, 0.5) is 0 Å². The van der Waals surface area contributed by atoms with E-state index in [1.807, 2.05) is 30.3 Å². The number of carbonyl (C=O) groups excluding carboxylic acids is 2. The predicted molar refractivity (Wildman–Crippen MR) is 95.5 cm³/mol. The molecule has 1 amide bonds. The van der Waals surface area contributed by atoms with E-state index in [4.69, 9.17) is 4.74 Å². The van der Waals surface area contributed by atoms with Gasteiger partial charge in [-0.2, -0.15) is 0 Å². The van der Waals surface area contributed by atoms with Gasteiger partial charge in [0, 0.05) is 12.5 Å². The smallest absolute Gasteiger partial charge is 0.342 e. The van der Waals surface area contributed by atoms with Crippen LogP contribution in [-0.2, 0) is 9.53 Å². The average molecular weight is 341 g/mol. The Morgan fingerprint density at radius 3 is 2.36 bits per heavy atom. The van der Waals surface area contributed by atoms with Crippen molar-refractivity contribution in [1.29, 1.82) is 0 Å². The lowest BCUT2D eigenvalue weighted by atomic mass is 9.96. The Morgan fingerprint density at radius 2 is 1.72 bits per heavy atom. The highest BCUT2D eigenvalue weighted by Gasteiger charge is 2.21. The van der Waals surface area contributed by atoms with Crippen molar-refractivity contribution in [1.82, 2.24) is 5.32 Å². The number of hydrogen-bond acceptors (Lipinski definition) is 4. The van der Waals surface area contributed by atoms with Crippen LogP contribution in [0, 0.1) is 0 Å². The van der Waals surface area contributed by atoms with E-state index >= 15 is 0 Å². The Bertz CT molecular complexity index is 715. The third-order valence-corrected chi connectivity index (χ3v) is 4.06. The van der Waals surface area contributed by atoms with Crippen molar-refractivity contribution in [3.05, 3.63) is 65.7 Å². The van der Waals surface area contributed by atoms with E-state index in [0.29, 0.717) is 6.54 Å². The SMILES string of the molecule is CC[C@@H](CNC(=O)[C@@H](C)OC(=O)c1ccccc1O)c1ccccc1. The summed E-state index contributed by atoms with van der Waals surface area (Å²) in [6.07, 6.45) is -0.0588. The van der Waals surface area contributed by atoms with Gasteiger partial charge in [0.05, 0.1) is 0 Å². The van der Waals surface area contributed by atoms with Crippen molar-refractivity contribution in [2.45, 2.75) is 32.3 Å². The molecule has 0 spiro atoms. The van der Waals surface area contributed by atoms with Crippen molar-refractivity contribution in [3.63, 3.8) is 0 Å². The van der Waals surface area contributed by atoms with Crippen LogP contribution in [0.1, 0.15) is 42.1 Å². The number of rotatable bonds is 7. The molecule has 25 heavy (non-hydrogen) atoms. The lowest BCUT2D eigenvalue weighted by Crippen LogP contribution is -2.38. The monoisotopic (exact) mass is 341 g/mol. The number of aromatic hydroxyl groups is 1. The van der Waals surface area contributed by atoms with Gasteiger partial charge in [0.2, 0.25) is 0 Å². The van der Waals surface area contributed by atoms with Gasteiger partial charge in [-0.15, -0.1) is 0 Å². The maximum absolute atomic E-state index is 12.2. The van der Waals surface area contributed by atoms with Crippen LogP contribution in [0.25, 0.3) is 0 Å². The van der Waals surface area contributed by atoms with Crippen molar-refractivity contribution in [2.24, 2.45) is 0 Å². The molecule has 2 N–H and O–H groups in total. The van der Waals surface area contributed by atoms with Crippen molar-refractivity contribution >= 4 is 11.9 Å². The molecule has 132 valence electrons. The zero-order valence-corrected chi connectivity index (χ0v) is 14.4. The summed E-state index contributed by atoms with van der Waals surface area (Å²) < 4.78 is 5.14. The number of amides is 1. The zero-order chi connectivity index (χ0) is 18.2. The molecule has 0 unspecified atom stereocenters. The number of carbonyl (C=O) groups is 2. The van der Waals surface area contributed by atoms with Crippen molar-refractivity contribution in [3.8, 4) is 5.75 Å². The van der Waals surface area contributed by atoms with Gasteiger partial charge in [-0.25, -0.2) is 4.79 Å². The molecule has 0 saturated heterocycles. The van der Waals surface area contributed by atoms with E-state index in [9.17, 15) is 14.7 Å². The Balaban J connectivity index is 1.90. The standard InChI is InChI=1S/C20H23NO4/c1-3-15(16-9-5-4-6-10-16)13-21-19(23)14(2)25-20(24)17-11-7-8-12-18(17)22/h4-12,14-15,22H,3,13H2,1-2H3,(H,21,23)/t14-,15+/m1/s1. The summed E-state index contributed by atoms with van der Waals surface area (Å²) in [5, 5.41) is 12.5. The second-order valence-electron chi connectivity index (χ2n) is 5.83. The molecule has 0 aromatic heterocycles. The van der Waals surface area contributed by atoms with E-state index in [1.165, 1.54) is 19.1 Å². The Kier molecular flexibility index (Phi) is 6.57. The first-order valence-electron chi connectivity index (χ1n) is 8.34. The minimum atomic E-state index is -0.944. The van der Waals surface area contributed by atoms with Crippen LogP contribution >= 0.6 is 0 Å². The minimum Gasteiger partial charge on any atom is -0.507 e. The first kappa shape index (κ1) is 18.5. The van der Waals surface area contributed by atoms with Gasteiger partial charge >= 0.3 is 5.97 Å². The fraction of sp³-hybridized carbons (Fsp3) is 0.300. The van der Waals surface area contributed by atoms with Gasteiger partial charge in [0.15, 0.2) is 6.10 Å². The molecular formula is C20H23NO4. The summed E-state index contributed by atoms with van der Waals surface area (Å²) in [6, 6.07) is 16.0. The summed E-state index contributed by atoms with van der Waals surface area (Å²) in [4.78, 5) is 24.2. The summed E-state index contributed by atoms with van der Waals surface area (Å²) in [7, 11) is 0. The van der Waals surface area contributed by atoms with Crippen LogP contribution in [0.5, 0.6) is 5.75 Å². The molecule has 2 rings (SSSR count). The number of para-hydroxylation sites is 1. The van der Waals surface area contributed by atoms with E-state index in [1.54, 1.807) is 12.1 Å². The molecule has 0 bridgehead atoms. The van der Waals surface area contributed by atoms with E-state index in [0.717, 1.165) is 12.0 Å². The van der Waals surface area contributed by atoms with Crippen LogP contribution in [0.15, 0.2) is 54.6 Å². The largest absolute Gasteiger partial charge is 0.507 e. The fourth-order valence-corrected chi connectivity index (χ4v) is 2.51. The summed E-state index contributed by atoms with van der Waals surface area (Å²) in [6.45, 7) is 4.04. The number of hydrogen-bond donors (Lipinski definition) is 2. The van der Waals surface area contributed by atoms with Crippen molar-refractivity contribution < 1.29 is 19.4 Å². The highest BCUT2D eigenvalue weighted by Crippen LogP contribution is 2.19. The maximum Gasteiger partial charge on any atom is 0.342 e. The third kappa shape index (κ3) is 5.08. The van der Waals surface area contributed by atoms with Crippen LogP contribution in [0.2, 0.25) is 0 Å². The first-order chi connectivity index (χ1) is 12.0. The lowest BCUT2D eigenvalue weighted by molar-refractivity contribution is -0.129. The van der Waals surface area contributed by atoms with Gasteiger partial charge in [-0.1, -0.05) is 49.4 Å². The first-order valence-corrected chi connectivity index (χ1v) is 8.34. The second kappa shape index (κ2) is 8.87. The predicted octanol–water partition coefficient (Wildman–Crippen LogP) is 3.25. The van der Waals surface area contributed by atoms with E-state index in [2.05, 4.69) is 12.2 Å². The fourth-order valence-electron chi connectivity index (χ4n) is 2.51. The minimum absolute atomic E-state index is 0.0397. The highest BCUT2D eigenvalue weighted by atomic mass is 16.5. The molecule has 2 atom stereocenters. The van der Waals surface area contributed by atoms with E-state index < -0.39 is 12.1 Å². The molecule has 5 nitrogen and oxygen atoms in total. The van der Waals surface area contributed by atoms with Crippen LogP contribution < -0.4 is 5.32 Å². The number of phenolic OH excluding ortho intramolecular Hbond substituents is 1. The molecule has 0 aliphatic rings. The van der Waals surface area contributed by atoms with Gasteiger partial charge in [-0.05, 0) is 31.0 Å². The van der Waals surface area contributed by atoms with Gasteiger partial charge in [0.1, 0.15) is 11.3 Å². The number of benzene rings is 2. The molecule has 0 saturated carbocycles. The Labute approximate surface area is 147 Å². The second-order valence-corrected chi connectivity index (χ2v) is 5.83. The summed E-state index contributed by atoms with van der Waals surface area (Å²) in [5.74, 6) is -1.06. The number of ether oxygens (including phenoxy) is 1. The maximum atomic E-state index is 12.2. The number of nitrogens with one attached hydrogen (secondary N) is 1. The van der Waals surface area contributed by atoms with Gasteiger partial charge in [-0.3, -0.25) is 4.79 Å².